The summed E-state index contributed by atoms with van der Waals surface area (Å²) in [6, 6.07) is 23.3. The average Bonchev–Trinajstić information content (AvgIpc) is 3.47. The van der Waals surface area contributed by atoms with Gasteiger partial charge in [-0.15, -0.1) is 11.3 Å². The third kappa shape index (κ3) is 7.29. The second-order valence-electron chi connectivity index (χ2n) is 9.73. The number of fused-ring (bicyclic) bond motifs is 1. The van der Waals surface area contributed by atoms with Crippen LogP contribution < -0.4 is 9.84 Å². The topological polar surface area (TPSA) is 91.3 Å². The fourth-order valence-corrected chi connectivity index (χ4v) is 5.58. The molecule has 1 aliphatic rings. The molecule has 1 aliphatic heterocycles. The van der Waals surface area contributed by atoms with Gasteiger partial charge in [-0.25, -0.2) is 0 Å². The highest BCUT2D eigenvalue weighted by Gasteiger charge is 2.31. The Bertz CT molecular complexity index is 1360. The van der Waals surface area contributed by atoms with Crippen LogP contribution in [0.5, 0.6) is 11.5 Å². The quantitative estimate of drug-likeness (QED) is 0.257. The first-order valence-electron chi connectivity index (χ1n) is 13.2. The van der Waals surface area contributed by atoms with Crippen molar-refractivity contribution >= 4 is 28.2 Å². The first kappa shape index (κ1) is 27.0. The van der Waals surface area contributed by atoms with Crippen LogP contribution in [-0.2, 0) is 22.7 Å². The maximum absolute atomic E-state index is 11.6. The van der Waals surface area contributed by atoms with E-state index in [2.05, 4.69) is 6.07 Å². The van der Waals surface area contributed by atoms with E-state index < -0.39 is 6.09 Å². The fraction of sp³-hybridized carbons (Fsp3) is 0.323. The van der Waals surface area contributed by atoms with Gasteiger partial charge in [0.1, 0.15) is 17.6 Å². The lowest BCUT2D eigenvalue weighted by Crippen LogP contribution is -2.51. The van der Waals surface area contributed by atoms with Gasteiger partial charge in [-0.1, -0.05) is 36.4 Å². The van der Waals surface area contributed by atoms with Crippen LogP contribution in [0.2, 0.25) is 0 Å². The lowest BCUT2D eigenvalue weighted by Gasteiger charge is -2.40. The van der Waals surface area contributed by atoms with Crippen molar-refractivity contribution in [2.75, 3.05) is 26.3 Å². The van der Waals surface area contributed by atoms with Gasteiger partial charge >= 0.3 is 0 Å². The van der Waals surface area contributed by atoms with Gasteiger partial charge in [0.05, 0.1) is 32.5 Å². The van der Waals surface area contributed by atoms with Crippen LogP contribution in [-0.4, -0.2) is 48.5 Å². The largest absolute Gasteiger partial charge is 0.530 e. The third-order valence-electron chi connectivity index (χ3n) is 7.00. The first-order chi connectivity index (χ1) is 19.0. The molecule has 7 nitrogen and oxygen atoms in total. The van der Waals surface area contributed by atoms with Crippen LogP contribution in [0.3, 0.4) is 0 Å². The Balaban J connectivity index is 1.16. The average molecular weight is 547 g/mol. The molecule has 1 N–H and O–H groups in total. The summed E-state index contributed by atoms with van der Waals surface area (Å²) < 4.78 is 17.9. The predicted octanol–water partition coefficient (Wildman–Crippen LogP) is 5.31. The molecule has 5 rings (SSSR count). The van der Waals surface area contributed by atoms with E-state index in [0.717, 1.165) is 34.1 Å². The second-order valence-corrected chi connectivity index (χ2v) is 10.8. The zero-order chi connectivity index (χ0) is 27.0. The zero-order valence-corrected chi connectivity index (χ0v) is 22.5. The Hall–Kier alpha value is -3.59. The number of thiophene rings is 1. The number of hydrogen-bond donors (Lipinski definition) is 1. The van der Waals surface area contributed by atoms with Crippen LogP contribution >= 0.6 is 11.3 Å². The molecule has 1 fully saturated rings. The maximum Gasteiger partial charge on any atom is 0.137 e. The Labute approximate surface area is 232 Å². The van der Waals surface area contributed by atoms with Crippen molar-refractivity contribution in [2.24, 2.45) is 0 Å². The highest BCUT2D eigenvalue weighted by atomic mass is 32.1. The number of aromatic hydroxyl groups is 1. The molecule has 3 aromatic carbocycles. The number of phenolic OH excluding ortho intramolecular Hbond substituents is 1. The number of hydrogen-bond acceptors (Lipinski definition) is 7. The molecule has 39 heavy (non-hydrogen) atoms. The van der Waals surface area contributed by atoms with E-state index in [-0.39, 0.29) is 24.3 Å². The summed E-state index contributed by atoms with van der Waals surface area (Å²) in [7, 11) is 0. The molecule has 4 aromatic rings. The normalized spacial score (nSPS) is 17.4. The number of phenols is 1. The number of rotatable bonds is 11. The number of likely N-dealkylation sites (tertiary alicyclic amines) is 1. The van der Waals surface area contributed by atoms with E-state index in [1.54, 1.807) is 23.5 Å². The van der Waals surface area contributed by atoms with Crippen molar-refractivity contribution in [1.29, 1.82) is 0 Å². The summed E-state index contributed by atoms with van der Waals surface area (Å²) in [6.07, 6.45) is -0.0411. The van der Waals surface area contributed by atoms with Crippen LogP contribution in [0.15, 0.2) is 78.2 Å². The van der Waals surface area contributed by atoms with Gasteiger partial charge in [0.15, 0.2) is 0 Å². The van der Waals surface area contributed by atoms with Crippen LogP contribution in [0.4, 0.5) is 4.79 Å². The minimum Gasteiger partial charge on any atom is -0.530 e. The molecule has 2 unspecified atom stereocenters. The zero-order valence-electron chi connectivity index (χ0n) is 21.7. The first-order valence-corrected chi connectivity index (χ1v) is 14.1. The number of ether oxygens (including phenoxy) is 3. The standard InChI is InChI=1S/C31H33NO6S/c33-26-9-6-23-5-4-22(17-25(23)18-26)20-38-30-19-32(31(34)35)13-12-29(30)24-7-10-27(11-8-24)37-15-2-14-36-21-28-3-1-16-39-28/h1,3-11,16-18,29-30,33H,2,12-15,19-21H2,(H,34,35)/p-1. The summed E-state index contributed by atoms with van der Waals surface area (Å²) in [6.45, 7) is 2.85. The van der Waals surface area contributed by atoms with Crippen molar-refractivity contribution in [3.63, 3.8) is 0 Å². The van der Waals surface area contributed by atoms with E-state index in [1.807, 2.05) is 60.0 Å². The Morgan fingerprint density at radius 3 is 2.64 bits per heavy atom. The molecule has 2 heterocycles. The number of benzene rings is 3. The Morgan fingerprint density at radius 2 is 1.85 bits per heavy atom. The number of carbonyl (C=O) groups is 1. The number of amides is 1. The van der Waals surface area contributed by atoms with Crippen LogP contribution in [0.1, 0.15) is 34.8 Å². The molecule has 8 heteroatoms. The molecule has 1 amide bonds. The van der Waals surface area contributed by atoms with Gasteiger partial charge in [-0.3, -0.25) is 0 Å². The number of piperidine rings is 1. The molecule has 0 radical (unpaired) electrons. The third-order valence-corrected chi connectivity index (χ3v) is 7.85. The number of nitrogens with zero attached hydrogens (tertiary/aromatic N) is 1. The predicted molar refractivity (Wildman–Crippen MR) is 149 cm³/mol. The van der Waals surface area contributed by atoms with Gasteiger partial charge < -0.3 is 34.1 Å². The highest BCUT2D eigenvalue weighted by Crippen LogP contribution is 2.32. The second kappa shape index (κ2) is 13.0. The van der Waals surface area contributed by atoms with Crippen molar-refractivity contribution < 1.29 is 29.2 Å². The van der Waals surface area contributed by atoms with Gasteiger partial charge in [-0.05, 0) is 70.1 Å². The van der Waals surface area contributed by atoms with Crippen LogP contribution in [0, 0.1) is 0 Å². The van der Waals surface area contributed by atoms with Crippen molar-refractivity contribution in [1.82, 2.24) is 4.90 Å². The lowest BCUT2D eigenvalue weighted by molar-refractivity contribution is -0.268. The number of carboxylic acid groups (broad SMARTS) is 1. The summed E-state index contributed by atoms with van der Waals surface area (Å²) >= 11 is 1.69. The van der Waals surface area contributed by atoms with Crippen molar-refractivity contribution in [2.45, 2.75) is 38.1 Å². The molecular weight excluding hydrogens is 514 g/mol. The SMILES string of the molecule is O=C([O-])N1CCC(c2ccc(OCCCOCc3cccs3)cc2)C(OCc2ccc3ccc(O)cc3c2)C1. The molecule has 0 spiro atoms. The summed E-state index contributed by atoms with van der Waals surface area (Å²) in [4.78, 5) is 14.1. The van der Waals surface area contributed by atoms with Gasteiger partial charge in [0, 0.05) is 30.3 Å². The van der Waals surface area contributed by atoms with Gasteiger partial charge in [-0.2, -0.15) is 0 Å². The molecule has 0 saturated carbocycles. The summed E-state index contributed by atoms with van der Waals surface area (Å²) in [5, 5.41) is 25.4. The molecule has 0 bridgehead atoms. The molecule has 204 valence electrons. The Kier molecular flexibility index (Phi) is 8.98. The van der Waals surface area contributed by atoms with E-state index in [9.17, 15) is 15.0 Å². The molecule has 1 saturated heterocycles. The highest BCUT2D eigenvalue weighted by molar-refractivity contribution is 7.09. The van der Waals surface area contributed by atoms with Crippen molar-refractivity contribution in [3.05, 3.63) is 94.2 Å². The molecule has 0 aliphatic carbocycles. The van der Waals surface area contributed by atoms with Crippen LogP contribution in [0.25, 0.3) is 10.8 Å². The number of carbonyl (C=O) groups excluding carboxylic acids is 1. The van der Waals surface area contributed by atoms with Gasteiger partial charge in [0.2, 0.25) is 0 Å². The lowest BCUT2D eigenvalue weighted by atomic mass is 9.87. The smallest absolute Gasteiger partial charge is 0.137 e. The summed E-state index contributed by atoms with van der Waals surface area (Å²) in [5.74, 6) is 1.05. The van der Waals surface area contributed by atoms with E-state index in [4.69, 9.17) is 14.2 Å². The monoisotopic (exact) mass is 546 g/mol. The van der Waals surface area contributed by atoms with E-state index in [0.29, 0.717) is 39.4 Å². The Morgan fingerprint density at radius 1 is 1.00 bits per heavy atom. The molecular formula is C31H32NO6S-. The van der Waals surface area contributed by atoms with E-state index in [1.165, 1.54) is 9.78 Å². The molecule has 2 atom stereocenters. The minimum atomic E-state index is -1.17. The van der Waals surface area contributed by atoms with Crippen molar-refractivity contribution in [3.8, 4) is 11.5 Å². The van der Waals surface area contributed by atoms with E-state index >= 15 is 0 Å². The van der Waals surface area contributed by atoms with Gasteiger partial charge in [0.25, 0.3) is 0 Å². The maximum atomic E-state index is 11.6. The minimum absolute atomic E-state index is 0.0461. The molecule has 1 aromatic heterocycles. The fourth-order valence-electron chi connectivity index (χ4n) is 4.94. The summed E-state index contributed by atoms with van der Waals surface area (Å²) in [5.41, 5.74) is 2.05.